The Balaban J connectivity index is 1.55. The lowest BCUT2D eigenvalue weighted by Crippen LogP contribution is -2.24. The van der Waals surface area contributed by atoms with Gasteiger partial charge in [-0.15, -0.1) is 0 Å². The fraction of sp³-hybridized carbons (Fsp3) is 0. The molecule has 0 radical (unpaired) electrons. The first kappa shape index (κ1) is 21.8. The zero-order valence-electron chi connectivity index (χ0n) is 17.1. The van der Waals surface area contributed by atoms with Crippen molar-refractivity contribution in [1.82, 2.24) is 0 Å². The molecule has 0 atom stereocenters. The summed E-state index contributed by atoms with van der Waals surface area (Å²) in [4.78, 5) is 15.1. The van der Waals surface area contributed by atoms with Gasteiger partial charge in [0.05, 0.1) is 21.4 Å². The third-order valence-electron chi connectivity index (χ3n) is 5.27. The van der Waals surface area contributed by atoms with Crippen LogP contribution in [0.4, 0.5) is 5.69 Å². The van der Waals surface area contributed by atoms with E-state index in [-0.39, 0.29) is 5.91 Å². The van der Waals surface area contributed by atoms with E-state index >= 15 is 0 Å². The number of anilines is 1. The first-order chi connectivity index (χ1) is 16.0. The number of rotatable bonds is 4. The number of hydrogen-bond donors (Lipinski definition) is 0. The van der Waals surface area contributed by atoms with Gasteiger partial charge in [0.1, 0.15) is 11.5 Å². The molecule has 0 N–H and O–H groups in total. The number of halogens is 3. The lowest BCUT2D eigenvalue weighted by Gasteiger charge is -2.21. The van der Waals surface area contributed by atoms with Gasteiger partial charge in [-0.25, -0.2) is 0 Å². The Kier molecular flexibility index (Phi) is 5.98. The van der Waals surface area contributed by atoms with Gasteiger partial charge in [0.15, 0.2) is 0 Å². The first-order valence-corrected chi connectivity index (χ1v) is 11.7. The molecule has 0 unspecified atom stereocenters. The molecule has 0 saturated carbocycles. The van der Waals surface area contributed by atoms with Crippen LogP contribution in [0.5, 0.6) is 0 Å². The number of benzene rings is 3. The van der Waals surface area contributed by atoms with Crippen molar-refractivity contribution in [1.29, 1.82) is 0 Å². The van der Waals surface area contributed by atoms with Crippen molar-refractivity contribution < 1.29 is 9.21 Å². The molecule has 2 heterocycles. The molecule has 1 aliphatic rings. The van der Waals surface area contributed by atoms with Crippen LogP contribution in [0.15, 0.2) is 105 Å². The van der Waals surface area contributed by atoms with Gasteiger partial charge in [-0.05, 0) is 60.2 Å². The lowest BCUT2D eigenvalue weighted by molar-refractivity contribution is -0.113. The van der Waals surface area contributed by atoms with E-state index in [2.05, 4.69) is 15.9 Å². The van der Waals surface area contributed by atoms with Crippen LogP contribution in [0.1, 0.15) is 11.3 Å². The van der Waals surface area contributed by atoms with Crippen molar-refractivity contribution in [3.05, 3.63) is 122 Å². The SMILES string of the molecule is O=C1C(=Cc2ccc(-c3ccc(Br)cc3)o2)C=C(c2ccccc2)N1c1ccc(Cl)c(Cl)c1. The van der Waals surface area contributed by atoms with Crippen LogP contribution in [0.2, 0.25) is 10.0 Å². The molecule has 0 saturated heterocycles. The zero-order chi connectivity index (χ0) is 22.9. The van der Waals surface area contributed by atoms with Gasteiger partial charge in [0.25, 0.3) is 5.91 Å². The highest BCUT2D eigenvalue weighted by molar-refractivity contribution is 9.10. The quantitative estimate of drug-likeness (QED) is 0.245. The second kappa shape index (κ2) is 9.06. The van der Waals surface area contributed by atoms with E-state index in [1.165, 1.54) is 0 Å². The van der Waals surface area contributed by atoms with Crippen LogP contribution in [0, 0.1) is 0 Å². The molecular weight excluding hydrogens is 521 g/mol. The van der Waals surface area contributed by atoms with Crippen molar-refractivity contribution in [3.8, 4) is 11.3 Å². The molecule has 0 spiro atoms. The van der Waals surface area contributed by atoms with E-state index in [4.69, 9.17) is 27.6 Å². The smallest absolute Gasteiger partial charge is 0.263 e. The molecule has 3 nitrogen and oxygen atoms in total. The Hall–Kier alpha value is -3.05. The zero-order valence-corrected chi connectivity index (χ0v) is 20.2. The van der Waals surface area contributed by atoms with Crippen molar-refractivity contribution in [3.63, 3.8) is 0 Å². The standard InChI is InChI=1S/C27H16BrCl2NO2/c28-20-8-6-18(7-9-20)26-13-11-22(33-26)14-19-15-25(17-4-2-1-3-5-17)31(27(19)32)21-10-12-23(29)24(30)16-21/h1-16H. The number of furan rings is 1. The third-order valence-corrected chi connectivity index (χ3v) is 6.54. The van der Waals surface area contributed by atoms with Crippen LogP contribution in [-0.4, -0.2) is 5.91 Å². The maximum Gasteiger partial charge on any atom is 0.263 e. The third kappa shape index (κ3) is 4.42. The summed E-state index contributed by atoms with van der Waals surface area (Å²) < 4.78 is 7.00. The van der Waals surface area contributed by atoms with Crippen LogP contribution in [0.25, 0.3) is 23.1 Å². The molecule has 162 valence electrons. The maximum atomic E-state index is 13.5. The average Bonchev–Trinajstić information content (AvgIpc) is 3.42. The minimum absolute atomic E-state index is 0.172. The predicted octanol–water partition coefficient (Wildman–Crippen LogP) is 8.49. The predicted molar refractivity (Wildman–Crippen MR) is 138 cm³/mol. The Bertz CT molecular complexity index is 1410. The minimum atomic E-state index is -0.172. The molecule has 1 aliphatic heterocycles. The Morgan fingerprint density at radius 1 is 0.818 bits per heavy atom. The van der Waals surface area contributed by atoms with E-state index < -0.39 is 0 Å². The van der Waals surface area contributed by atoms with Crippen LogP contribution < -0.4 is 4.90 Å². The van der Waals surface area contributed by atoms with Crippen LogP contribution in [-0.2, 0) is 4.79 Å². The Morgan fingerprint density at radius 2 is 1.58 bits per heavy atom. The summed E-state index contributed by atoms with van der Waals surface area (Å²) in [5.74, 6) is 1.15. The molecule has 5 rings (SSSR count). The fourth-order valence-corrected chi connectivity index (χ4v) is 4.23. The summed E-state index contributed by atoms with van der Waals surface area (Å²) in [5.41, 5.74) is 3.78. The van der Waals surface area contributed by atoms with Crippen molar-refractivity contribution >= 4 is 62.5 Å². The van der Waals surface area contributed by atoms with Gasteiger partial charge in [0.2, 0.25) is 0 Å². The fourth-order valence-electron chi connectivity index (χ4n) is 3.67. The van der Waals surface area contributed by atoms with Crippen molar-refractivity contribution in [2.75, 3.05) is 4.90 Å². The highest BCUT2D eigenvalue weighted by Crippen LogP contribution is 2.38. The minimum Gasteiger partial charge on any atom is -0.457 e. The van der Waals surface area contributed by atoms with Crippen molar-refractivity contribution in [2.45, 2.75) is 0 Å². The lowest BCUT2D eigenvalue weighted by atomic mass is 10.1. The molecular formula is C27H16BrCl2NO2. The highest BCUT2D eigenvalue weighted by atomic mass is 79.9. The van der Waals surface area contributed by atoms with Gasteiger partial charge >= 0.3 is 0 Å². The molecule has 3 aromatic carbocycles. The number of hydrogen-bond acceptors (Lipinski definition) is 2. The molecule has 0 aliphatic carbocycles. The number of carbonyl (C=O) groups excluding carboxylic acids is 1. The van der Waals surface area contributed by atoms with Crippen LogP contribution in [0.3, 0.4) is 0 Å². The Labute approximate surface area is 209 Å². The number of carbonyl (C=O) groups is 1. The van der Waals surface area contributed by atoms with E-state index in [0.717, 1.165) is 27.1 Å². The van der Waals surface area contributed by atoms with E-state index in [1.807, 2.05) is 72.8 Å². The second-order valence-electron chi connectivity index (χ2n) is 7.44. The van der Waals surface area contributed by atoms with E-state index in [0.29, 0.717) is 27.1 Å². The van der Waals surface area contributed by atoms with Gasteiger partial charge in [-0.1, -0.05) is 81.6 Å². The largest absolute Gasteiger partial charge is 0.457 e. The molecule has 4 aromatic rings. The molecule has 0 bridgehead atoms. The average molecular weight is 537 g/mol. The summed E-state index contributed by atoms with van der Waals surface area (Å²) >= 11 is 15.8. The highest BCUT2D eigenvalue weighted by Gasteiger charge is 2.31. The molecule has 6 heteroatoms. The maximum absolute atomic E-state index is 13.5. The molecule has 33 heavy (non-hydrogen) atoms. The number of amides is 1. The van der Waals surface area contributed by atoms with Crippen LogP contribution >= 0.6 is 39.1 Å². The second-order valence-corrected chi connectivity index (χ2v) is 9.17. The van der Waals surface area contributed by atoms with Gasteiger partial charge < -0.3 is 4.42 Å². The normalized spacial score (nSPS) is 14.8. The summed E-state index contributed by atoms with van der Waals surface area (Å²) in [6.45, 7) is 0. The van der Waals surface area contributed by atoms with Crippen molar-refractivity contribution in [2.24, 2.45) is 0 Å². The number of nitrogens with zero attached hydrogens (tertiary/aromatic N) is 1. The summed E-state index contributed by atoms with van der Waals surface area (Å²) in [7, 11) is 0. The monoisotopic (exact) mass is 535 g/mol. The summed E-state index contributed by atoms with van der Waals surface area (Å²) in [6.07, 6.45) is 3.62. The summed E-state index contributed by atoms with van der Waals surface area (Å²) in [6, 6.07) is 26.5. The van der Waals surface area contributed by atoms with E-state index in [9.17, 15) is 4.79 Å². The molecule has 0 fully saturated rings. The summed E-state index contributed by atoms with van der Waals surface area (Å²) in [5, 5.41) is 0.820. The van der Waals surface area contributed by atoms with Gasteiger partial charge in [0, 0.05) is 15.6 Å². The first-order valence-electron chi connectivity index (χ1n) is 10.1. The van der Waals surface area contributed by atoms with E-state index in [1.54, 1.807) is 29.2 Å². The molecule has 1 aromatic heterocycles. The topological polar surface area (TPSA) is 33.5 Å². The Morgan fingerprint density at radius 3 is 2.30 bits per heavy atom. The van der Waals surface area contributed by atoms with Gasteiger partial charge in [-0.2, -0.15) is 0 Å². The molecule has 1 amide bonds. The van der Waals surface area contributed by atoms with Gasteiger partial charge in [-0.3, -0.25) is 9.69 Å².